The topological polar surface area (TPSA) is 109 Å². The van der Waals surface area contributed by atoms with E-state index in [0.29, 0.717) is 48.7 Å². The lowest BCUT2D eigenvalue weighted by molar-refractivity contribution is -0.152. The molecule has 1 aliphatic rings. The maximum atomic E-state index is 13.9. The molecular weight excluding hydrogens is 580 g/mol. The Labute approximate surface area is 264 Å². The summed E-state index contributed by atoms with van der Waals surface area (Å²) in [7, 11) is 6.40. The normalized spacial score (nSPS) is 19.0. The number of rotatable bonds is 9. The quantitative estimate of drug-likeness (QED) is 0.247. The van der Waals surface area contributed by atoms with Crippen LogP contribution in [0, 0.1) is 0 Å². The van der Waals surface area contributed by atoms with Gasteiger partial charge in [0.1, 0.15) is 24.4 Å². The van der Waals surface area contributed by atoms with Crippen LogP contribution in [0.3, 0.4) is 0 Å². The number of halogens is 1. The van der Waals surface area contributed by atoms with Crippen LogP contribution in [0.2, 0.25) is 5.02 Å². The molecule has 234 valence electrons. The van der Waals surface area contributed by atoms with Gasteiger partial charge in [-0.25, -0.2) is 4.79 Å². The van der Waals surface area contributed by atoms with E-state index in [1.54, 1.807) is 20.2 Å². The van der Waals surface area contributed by atoms with Crippen molar-refractivity contribution in [2.75, 3.05) is 34.8 Å². The minimum Gasteiger partial charge on any atom is -0.489 e. The zero-order chi connectivity index (χ0) is 31.6. The zero-order valence-electron chi connectivity index (χ0n) is 25.7. The fourth-order valence-electron chi connectivity index (χ4n) is 5.39. The Kier molecular flexibility index (Phi) is 11.8. The third-order valence-electron chi connectivity index (χ3n) is 8.00. The molecule has 1 heterocycles. The van der Waals surface area contributed by atoms with Crippen molar-refractivity contribution >= 4 is 29.4 Å². The van der Waals surface area contributed by atoms with E-state index in [1.165, 1.54) is 12.0 Å². The minimum atomic E-state index is -0.946. The van der Waals surface area contributed by atoms with Gasteiger partial charge in [0, 0.05) is 24.9 Å². The molecule has 2 amide bonds. The molecule has 3 N–H and O–H groups in total. The maximum Gasteiger partial charge on any atom is 0.328 e. The molecule has 4 rings (SSSR count). The molecule has 44 heavy (non-hydrogen) atoms. The number of ether oxygens (including phenoxy) is 2. The molecule has 0 fully saturated rings. The van der Waals surface area contributed by atoms with Crippen molar-refractivity contribution in [3.8, 4) is 16.9 Å². The van der Waals surface area contributed by atoms with Gasteiger partial charge in [0.15, 0.2) is 0 Å². The first-order valence-corrected chi connectivity index (χ1v) is 15.2. The fourth-order valence-corrected chi connectivity index (χ4v) is 5.58. The average molecular weight is 621 g/mol. The largest absolute Gasteiger partial charge is 0.489 e. The number of nitrogens with zero attached hydrogens (tertiary/aromatic N) is 1. The lowest BCUT2D eigenvalue weighted by Gasteiger charge is -2.31. The highest BCUT2D eigenvalue weighted by molar-refractivity contribution is 6.31. The molecule has 0 saturated carbocycles. The Bertz CT molecular complexity index is 1450. The minimum absolute atomic E-state index is 0.142. The van der Waals surface area contributed by atoms with Crippen LogP contribution in [-0.4, -0.2) is 75.6 Å². The predicted octanol–water partition coefficient (Wildman–Crippen LogP) is 3.76. The number of benzene rings is 3. The molecule has 3 aromatic rings. The van der Waals surface area contributed by atoms with Crippen molar-refractivity contribution in [3.05, 3.63) is 88.4 Å². The van der Waals surface area contributed by atoms with Crippen LogP contribution in [0.5, 0.6) is 5.75 Å². The van der Waals surface area contributed by atoms with Crippen molar-refractivity contribution in [3.63, 3.8) is 0 Å². The molecule has 0 radical (unpaired) electrons. The third-order valence-corrected chi connectivity index (χ3v) is 8.37. The number of amides is 2. The summed E-state index contributed by atoms with van der Waals surface area (Å²) in [5, 5.41) is 9.65. The van der Waals surface area contributed by atoms with Gasteiger partial charge in [-0.1, -0.05) is 54.1 Å². The molecule has 0 aromatic heterocycles. The number of nitrogens with one attached hydrogen (secondary N) is 3. The first-order valence-electron chi connectivity index (χ1n) is 14.8. The maximum absolute atomic E-state index is 13.9. The Hall–Kier alpha value is -3.92. The molecule has 10 heteroatoms. The number of fused-ring (bicyclic) bond motifs is 5. The van der Waals surface area contributed by atoms with Gasteiger partial charge in [-0.05, 0) is 85.6 Å². The molecule has 4 bridgehead atoms. The lowest BCUT2D eigenvalue weighted by Crippen LogP contribution is -2.56. The highest BCUT2D eigenvalue weighted by Gasteiger charge is 2.34. The third kappa shape index (κ3) is 8.16. The Morgan fingerprint density at radius 2 is 1.70 bits per heavy atom. The summed E-state index contributed by atoms with van der Waals surface area (Å²) in [6, 6.07) is 19.0. The second-order valence-corrected chi connectivity index (χ2v) is 11.4. The van der Waals surface area contributed by atoms with E-state index in [0.717, 1.165) is 22.3 Å². The van der Waals surface area contributed by atoms with Crippen LogP contribution in [0.25, 0.3) is 11.1 Å². The number of carbonyl (C=O) groups is 3. The summed E-state index contributed by atoms with van der Waals surface area (Å²) in [4.78, 5) is 42.0. The first-order chi connectivity index (χ1) is 21.2. The Morgan fingerprint density at radius 1 is 1.00 bits per heavy atom. The fraction of sp³-hybridized carbons (Fsp3) is 0.382. The molecule has 3 aromatic carbocycles. The summed E-state index contributed by atoms with van der Waals surface area (Å²) in [5.41, 5.74) is 4.34. The lowest BCUT2D eigenvalue weighted by atomic mass is 9.95. The first kappa shape index (κ1) is 33.0. The summed E-state index contributed by atoms with van der Waals surface area (Å²) in [5.74, 6) is -0.607. The van der Waals surface area contributed by atoms with Crippen molar-refractivity contribution in [1.82, 2.24) is 20.9 Å². The van der Waals surface area contributed by atoms with Gasteiger partial charge in [-0.2, -0.15) is 0 Å². The average Bonchev–Trinajstić information content (AvgIpc) is 3.04. The van der Waals surface area contributed by atoms with Crippen LogP contribution < -0.4 is 20.7 Å². The second-order valence-electron chi connectivity index (χ2n) is 10.9. The van der Waals surface area contributed by atoms with Crippen LogP contribution >= 0.6 is 11.6 Å². The molecule has 1 aliphatic heterocycles. The number of likely N-dealkylation sites (N-methyl/N-ethyl adjacent to an activating group) is 2. The van der Waals surface area contributed by atoms with E-state index in [9.17, 15) is 14.4 Å². The van der Waals surface area contributed by atoms with Crippen LogP contribution in [-0.2, 0) is 38.6 Å². The van der Waals surface area contributed by atoms with Crippen molar-refractivity contribution in [2.24, 2.45) is 0 Å². The number of hydrogen-bond acceptors (Lipinski definition) is 7. The molecule has 0 aliphatic carbocycles. The summed E-state index contributed by atoms with van der Waals surface area (Å²) in [6.45, 7) is 1.04. The molecule has 0 saturated heterocycles. The van der Waals surface area contributed by atoms with E-state index in [4.69, 9.17) is 21.1 Å². The van der Waals surface area contributed by atoms with Crippen molar-refractivity contribution < 1.29 is 23.9 Å². The van der Waals surface area contributed by atoms with Crippen LogP contribution in [0.1, 0.15) is 29.5 Å². The van der Waals surface area contributed by atoms with E-state index in [1.807, 2.05) is 67.7 Å². The monoisotopic (exact) mass is 620 g/mol. The SMILES string of the molecule is CNCCC[C@@H]1NC(=O)[C@@H](NC)Cc2cc(ccc2OCc2ccccc2)-c2ccc(Cl)c(c2)C[C@@H](C(=O)OC)N(C)C1=O. The van der Waals surface area contributed by atoms with Crippen LogP contribution in [0.4, 0.5) is 0 Å². The second kappa shape index (κ2) is 15.7. The highest BCUT2D eigenvalue weighted by atomic mass is 35.5. The van der Waals surface area contributed by atoms with Gasteiger partial charge < -0.3 is 30.3 Å². The predicted molar refractivity (Wildman–Crippen MR) is 172 cm³/mol. The van der Waals surface area contributed by atoms with E-state index in [2.05, 4.69) is 16.0 Å². The van der Waals surface area contributed by atoms with E-state index in [-0.39, 0.29) is 18.2 Å². The number of carbonyl (C=O) groups excluding carboxylic acids is 3. The number of hydrogen-bond donors (Lipinski definition) is 3. The smallest absolute Gasteiger partial charge is 0.328 e. The number of esters is 1. The molecular formula is C34H41ClN4O5. The Morgan fingerprint density at radius 3 is 2.39 bits per heavy atom. The van der Waals surface area contributed by atoms with E-state index >= 15 is 0 Å². The van der Waals surface area contributed by atoms with Crippen molar-refractivity contribution in [2.45, 2.75) is 50.4 Å². The van der Waals surface area contributed by atoms with Gasteiger partial charge >= 0.3 is 5.97 Å². The van der Waals surface area contributed by atoms with Gasteiger partial charge in [0.2, 0.25) is 11.8 Å². The summed E-state index contributed by atoms with van der Waals surface area (Å²) >= 11 is 6.64. The standard InChI is InChI=1S/C34H41ClN4O5/c1-36-16-8-11-28-33(41)39(3)30(34(42)43-4)20-25-17-23(12-14-27(25)35)24-13-15-31(44-21-22-9-6-5-7-10-22)26(18-24)19-29(37-2)32(40)38-28/h5-7,9-10,12-15,17-18,28-30,36-37H,8,11,16,19-21H2,1-4H3,(H,38,40)/t28-,29-,30-/m0/s1. The highest BCUT2D eigenvalue weighted by Crippen LogP contribution is 2.32. The zero-order valence-corrected chi connectivity index (χ0v) is 26.4. The van der Waals surface area contributed by atoms with Gasteiger partial charge in [-0.15, -0.1) is 0 Å². The molecule has 0 unspecified atom stereocenters. The van der Waals surface area contributed by atoms with Gasteiger partial charge in [0.05, 0.1) is 13.2 Å². The molecule has 0 spiro atoms. The van der Waals surface area contributed by atoms with E-state index < -0.39 is 24.1 Å². The van der Waals surface area contributed by atoms with Gasteiger partial charge in [-0.3, -0.25) is 9.59 Å². The Balaban J connectivity index is 1.80. The van der Waals surface area contributed by atoms with Crippen LogP contribution in [0.15, 0.2) is 66.7 Å². The summed E-state index contributed by atoms with van der Waals surface area (Å²) < 4.78 is 11.4. The van der Waals surface area contributed by atoms with Gasteiger partial charge in [0.25, 0.3) is 0 Å². The number of methoxy groups -OCH3 is 1. The van der Waals surface area contributed by atoms with Crippen molar-refractivity contribution in [1.29, 1.82) is 0 Å². The molecule has 3 atom stereocenters. The molecule has 9 nitrogen and oxygen atoms in total. The summed E-state index contributed by atoms with van der Waals surface area (Å²) in [6.07, 6.45) is 1.49.